The van der Waals surface area contributed by atoms with E-state index in [9.17, 15) is 14.4 Å². The van der Waals surface area contributed by atoms with Gasteiger partial charge in [0.2, 0.25) is 11.8 Å². The molecule has 0 unspecified atom stereocenters. The van der Waals surface area contributed by atoms with Crippen LogP contribution in [0, 0.1) is 5.92 Å². The van der Waals surface area contributed by atoms with E-state index in [1.54, 1.807) is 41.4 Å². The molecule has 2 heterocycles. The molecule has 140 valence electrons. The lowest BCUT2D eigenvalue weighted by atomic mass is 10.0. The highest BCUT2D eigenvalue weighted by molar-refractivity contribution is 5.89. The first-order chi connectivity index (χ1) is 13.0. The molecule has 1 fully saturated rings. The van der Waals surface area contributed by atoms with E-state index >= 15 is 0 Å². The lowest BCUT2D eigenvalue weighted by Crippen LogP contribution is -2.36. The number of carbonyl (C=O) groups excluding carboxylic acids is 2. The number of pyridine rings is 1. The first-order valence-electron chi connectivity index (χ1n) is 8.77. The number of nitrogens with zero attached hydrogens (tertiary/aromatic N) is 2. The second-order valence-electron chi connectivity index (χ2n) is 6.57. The molecule has 0 aliphatic carbocycles. The minimum absolute atomic E-state index is 0.102. The summed E-state index contributed by atoms with van der Waals surface area (Å²) in [4.78, 5) is 41.9. The van der Waals surface area contributed by atoms with Crippen LogP contribution in [0.4, 0.5) is 0 Å². The summed E-state index contributed by atoms with van der Waals surface area (Å²) in [6, 6.07) is 13.8. The molecule has 7 nitrogen and oxygen atoms in total. The Kier molecular flexibility index (Phi) is 5.80. The number of amides is 2. The highest BCUT2D eigenvalue weighted by atomic mass is 16.4. The molecule has 1 aliphatic rings. The second kappa shape index (κ2) is 8.44. The van der Waals surface area contributed by atoms with E-state index in [4.69, 9.17) is 5.11 Å². The van der Waals surface area contributed by atoms with E-state index in [-0.39, 0.29) is 24.7 Å². The maximum atomic E-state index is 12.7. The van der Waals surface area contributed by atoms with Crippen LogP contribution < -0.4 is 5.32 Å². The molecule has 0 spiro atoms. The van der Waals surface area contributed by atoms with E-state index in [1.165, 1.54) is 0 Å². The summed E-state index contributed by atoms with van der Waals surface area (Å²) >= 11 is 0. The van der Waals surface area contributed by atoms with Crippen LogP contribution in [0.25, 0.3) is 0 Å². The van der Waals surface area contributed by atoms with Gasteiger partial charge in [0.05, 0.1) is 30.6 Å². The molecule has 2 amide bonds. The molecule has 2 aromatic rings. The molecule has 0 bridgehead atoms. The van der Waals surface area contributed by atoms with Gasteiger partial charge < -0.3 is 15.3 Å². The highest BCUT2D eigenvalue weighted by Crippen LogP contribution is 2.23. The minimum atomic E-state index is -0.997. The maximum Gasteiger partial charge on any atom is 0.305 e. The molecular weight excluding hydrogens is 346 g/mol. The zero-order valence-electron chi connectivity index (χ0n) is 14.7. The van der Waals surface area contributed by atoms with E-state index in [2.05, 4.69) is 10.3 Å². The number of hydrogen-bond donors (Lipinski definition) is 2. The Bertz CT molecular complexity index is 810. The van der Waals surface area contributed by atoms with Crippen molar-refractivity contribution in [2.75, 3.05) is 6.54 Å². The van der Waals surface area contributed by atoms with Crippen LogP contribution in [0.1, 0.15) is 30.1 Å². The smallest absolute Gasteiger partial charge is 0.305 e. The fourth-order valence-corrected chi connectivity index (χ4v) is 3.19. The quantitative estimate of drug-likeness (QED) is 0.777. The number of aliphatic carboxylic acids is 1. The third-order valence-electron chi connectivity index (χ3n) is 4.56. The lowest BCUT2D eigenvalue weighted by Gasteiger charge is -2.20. The maximum absolute atomic E-state index is 12.7. The molecule has 3 rings (SSSR count). The molecule has 0 saturated carbocycles. The van der Waals surface area contributed by atoms with Crippen LogP contribution in [0.5, 0.6) is 0 Å². The van der Waals surface area contributed by atoms with Crippen LogP contribution >= 0.6 is 0 Å². The summed E-state index contributed by atoms with van der Waals surface area (Å²) < 4.78 is 0. The number of carbonyl (C=O) groups is 3. The predicted octanol–water partition coefficient (Wildman–Crippen LogP) is 1.76. The van der Waals surface area contributed by atoms with Gasteiger partial charge in [-0.2, -0.15) is 0 Å². The van der Waals surface area contributed by atoms with Crippen LogP contribution in [0.15, 0.2) is 54.7 Å². The van der Waals surface area contributed by atoms with Gasteiger partial charge in [-0.25, -0.2) is 0 Å². The summed E-state index contributed by atoms with van der Waals surface area (Å²) in [5, 5.41) is 11.9. The number of rotatable bonds is 7. The Hall–Kier alpha value is -3.22. The molecule has 2 N–H and O–H groups in total. The average molecular weight is 367 g/mol. The second-order valence-corrected chi connectivity index (χ2v) is 6.57. The minimum Gasteiger partial charge on any atom is -0.481 e. The largest absolute Gasteiger partial charge is 0.481 e. The average Bonchev–Trinajstić information content (AvgIpc) is 3.03. The molecule has 1 aromatic carbocycles. The zero-order valence-corrected chi connectivity index (χ0v) is 14.7. The molecule has 7 heteroatoms. The van der Waals surface area contributed by atoms with Gasteiger partial charge >= 0.3 is 5.97 Å². The van der Waals surface area contributed by atoms with E-state index in [1.807, 2.05) is 18.2 Å². The molecular formula is C20H21N3O4. The third-order valence-corrected chi connectivity index (χ3v) is 4.56. The summed E-state index contributed by atoms with van der Waals surface area (Å²) in [6.07, 6.45) is 1.57. The normalized spacial score (nSPS) is 17.6. The van der Waals surface area contributed by atoms with Crippen molar-refractivity contribution in [3.8, 4) is 0 Å². The number of hydrogen-bond acceptors (Lipinski definition) is 4. The number of nitrogens with one attached hydrogen (secondary N) is 1. The van der Waals surface area contributed by atoms with Gasteiger partial charge in [0.15, 0.2) is 0 Å². The van der Waals surface area contributed by atoms with E-state index < -0.39 is 17.9 Å². The Morgan fingerprint density at radius 1 is 1.19 bits per heavy atom. The topological polar surface area (TPSA) is 99.6 Å². The van der Waals surface area contributed by atoms with Gasteiger partial charge in [-0.15, -0.1) is 0 Å². The van der Waals surface area contributed by atoms with Crippen molar-refractivity contribution in [3.63, 3.8) is 0 Å². The Balaban J connectivity index is 1.64. The van der Waals surface area contributed by atoms with Crippen molar-refractivity contribution >= 4 is 17.8 Å². The lowest BCUT2D eigenvalue weighted by molar-refractivity contribution is -0.138. The zero-order chi connectivity index (χ0) is 19.2. The van der Waals surface area contributed by atoms with Crippen molar-refractivity contribution < 1.29 is 19.5 Å². The Labute approximate surface area is 157 Å². The SMILES string of the molecule is O=C(O)C[C@@H](NC(=O)[C@@H]1CC(=O)N(Cc2ccccn2)C1)c1ccccc1. The first-order valence-corrected chi connectivity index (χ1v) is 8.77. The first kappa shape index (κ1) is 18.6. The number of benzene rings is 1. The molecule has 0 radical (unpaired) electrons. The van der Waals surface area contributed by atoms with Crippen molar-refractivity contribution in [2.45, 2.75) is 25.4 Å². The Morgan fingerprint density at radius 3 is 2.59 bits per heavy atom. The molecule has 2 atom stereocenters. The Morgan fingerprint density at radius 2 is 1.93 bits per heavy atom. The van der Waals surface area contributed by atoms with Gasteiger partial charge in [0.25, 0.3) is 0 Å². The molecule has 1 saturated heterocycles. The van der Waals surface area contributed by atoms with Crippen LogP contribution in [0.3, 0.4) is 0 Å². The number of aromatic nitrogens is 1. The van der Waals surface area contributed by atoms with E-state index in [0.29, 0.717) is 13.1 Å². The van der Waals surface area contributed by atoms with Crippen molar-refractivity contribution in [1.29, 1.82) is 0 Å². The molecule has 27 heavy (non-hydrogen) atoms. The summed E-state index contributed by atoms with van der Waals surface area (Å²) in [5.41, 5.74) is 1.49. The van der Waals surface area contributed by atoms with Crippen molar-refractivity contribution in [1.82, 2.24) is 15.2 Å². The van der Waals surface area contributed by atoms with Crippen molar-refractivity contribution in [2.24, 2.45) is 5.92 Å². The number of carboxylic acid groups (broad SMARTS) is 1. The van der Waals surface area contributed by atoms with Gasteiger partial charge in [0, 0.05) is 19.2 Å². The predicted molar refractivity (Wildman–Crippen MR) is 97.3 cm³/mol. The third kappa shape index (κ3) is 4.91. The van der Waals surface area contributed by atoms with Gasteiger partial charge in [0.1, 0.15) is 0 Å². The summed E-state index contributed by atoms with van der Waals surface area (Å²) in [6.45, 7) is 0.663. The highest BCUT2D eigenvalue weighted by Gasteiger charge is 2.35. The summed E-state index contributed by atoms with van der Waals surface area (Å²) in [7, 11) is 0. The molecule has 1 aliphatic heterocycles. The fraction of sp³-hybridized carbons (Fsp3) is 0.300. The van der Waals surface area contributed by atoms with E-state index in [0.717, 1.165) is 11.3 Å². The van der Waals surface area contributed by atoms with Crippen LogP contribution in [0.2, 0.25) is 0 Å². The van der Waals surface area contributed by atoms with Gasteiger partial charge in [-0.3, -0.25) is 19.4 Å². The van der Waals surface area contributed by atoms with Crippen LogP contribution in [-0.4, -0.2) is 39.3 Å². The van der Waals surface area contributed by atoms with Crippen molar-refractivity contribution in [3.05, 3.63) is 66.0 Å². The summed E-state index contributed by atoms with van der Waals surface area (Å²) in [5.74, 6) is -1.90. The monoisotopic (exact) mass is 367 g/mol. The fourth-order valence-electron chi connectivity index (χ4n) is 3.19. The van der Waals surface area contributed by atoms with Gasteiger partial charge in [-0.05, 0) is 17.7 Å². The van der Waals surface area contributed by atoms with Crippen LogP contribution in [-0.2, 0) is 20.9 Å². The standard InChI is InChI=1S/C20H21N3O4/c24-18-10-15(12-23(18)13-16-8-4-5-9-21-16)20(27)22-17(11-19(25)26)14-6-2-1-3-7-14/h1-9,15,17H,10-13H2,(H,22,27)(H,25,26)/t15-,17-/m1/s1. The number of likely N-dealkylation sites (tertiary alicyclic amines) is 1. The number of carboxylic acids is 1. The molecule has 1 aromatic heterocycles. The van der Waals surface area contributed by atoms with Gasteiger partial charge in [-0.1, -0.05) is 36.4 Å².